The predicted octanol–water partition coefficient (Wildman–Crippen LogP) is 3.06. The Balaban J connectivity index is 2.79. The van der Waals surface area contributed by atoms with E-state index in [9.17, 15) is 4.79 Å². The molecule has 0 bridgehead atoms. The molecule has 0 amide bonds. The number of carbonyl (C=O) groups excluding carboxylic acids is 1. The van der Waals surface area contributed by atoms with E-state index < -0.39 is 0 Å². The van der Waals surface area contributed by atoms with E-state index in [-0.39, 0.29) is 18.6 Å². The first-order valence-electron chi connectivity index (χ1n) is 6.39. The Morgan fingerprint density at radius 1 is 1.42 bits per heavy atom. The van der Waals surface area contributed by atoms with Crippen molar-refractivity contribution >= 4 is 21.9 Å². The third-order valence-electron chi connectivity index (χ3n) is 2.60. The molecule has 0 aliphatic carbocycles. The van der Waals surface area contributed by atoms with Gasteiger partial charge in [0.1, 0.15) is 5.75 Å². The molecular weight excluding hydrogens is 310 g/mol. The number of rotatable bonds is 7. The van der Waals surface area contributed by atoms with Gasteiger partial charge in [-0.05, 0) is 32.5 Å². The minimum Gasteiger partial charge on any atom is -0.482 e. The summed E-state index contributed by atoms with van der Waals surface area (Å²) >= 11 is 3.41. The molecule has 0 aliphatic heterocycles. The van der Waals surface area contributed by atoms with Crippen LogP contribution in [0, 0.1) is 0 Å². The maximum absolute atomic E-state index is 11.3. The van der Waals surface area contributed by atoms with E-state index in [1.54, 1.807) is 6.92 Å². The van der Waals surface area contributed by atoms with Crippen LogP contribution in [0.2, 0.25) is 0 Å². The second kappa shape index (κ2) is 8.17. The molecule has 0 saturated heterocycles. The van der Waals surface area contributed by atoms with Gasteiger partial charge >= 0.3 is 5.97 Å². The summed E-state index contributed by atoms with van der Waals surface area (Å²) in [6.45, 7) is 7.04. The van der Waals surface area contributed by atoms with Crippen LogP contribution in [0.4, 0.5) is 0 Å². The Hall–Kier alpha value is -1.07. The average Bonchev–Trinajstić information content (AvgIpc) is 2.37. The van der Waals surface area contributed by atoms with Gasteiger partial charge in [0, 0.05) is 16.1 Å². The summed E-state index contributed by atoms with van der Waals surface area (Å²) < 4.78 is 11.3. The Bertz CT molecular complexity index is 423. The summed E-state index contributed by atoms with van der Waals surface area (Å²) in [5.41, 5.74) is 1.02. The highest BCUT2D eigenvalue weighted by atomic mass is 79.9. The molecule has 1 aromatic carbocycles. The number of benzene rings is 1. The molecule has 0 aromatic heterocycles. The van der Waals surface area contributed by atoms with E-state index in [0.29, 0.717) is 12.4 Å². The van der Waals surface area contributed by atoms with E-state index in [1.165, 1.54) is 0 Å². The zero-order chi connectivity index (χ0) is 14.3. The van der Waals surface area contributed by atoms with Crippen LogP contribution >= 0.6 is 15.9 Å². The third-order valence-corrected chi connectivity index (χ3v) is 3.10. The monoisotopic (exact) mass is 329 g/mol. The first kappa shape index (κ1) is 16.0. The van der Waals surface area contributed by atoms with Crippen molar-refractivity contribution in [2.24, 2.45) is 0 Å². The molecule has 0 saturated carbocycles. The van der Waals surface area contributed by atoms with E-state index >= 15 is 0 Å². The quantitative estimate of drug-likeness (QED) is 0.781. The van der Waals surface area contributed by atoms with Crippen LogP contribution < -0.4 is 10.1 Å². The van der Waals surface area contributed by atoms with Crippen molar-refractivity contribution in [1.29, 1.82) is 0 Å². The minimum absolute atomic E-state index is 0.0733. The lowest BCUT2D eigenvalue weighted by atomic mass is 10.1. The van der Waals surface area contributed by atoms with Gasteiger partial charge in [0.2, 0.25) is 0 Å². The molecule has 1 aromatic rings. The standard InChI is InChI=1S/C14H20BrNO3/c1-4-16-10(3)12-7-6-11(15)8-13(12)19-9-14(17)18-5-2/h6-8,10,16H,4-5,9H2,1-3H3. The van der Waals surface area contributed by atoms with Crippen LogP contribution in [0.3, 0.4) is 0 Å². The maximum atomic E-state index is 11.3. The first-order valence-corrected chi connectivity index (χ1v) is 7.19. The topological polar surface area (TPSA) is 47.6 Å². The molecular formula is C14H20BrNO3. The fourth-order valence-corrected chi connectivity index (χ4v) is 2.09. The van der Waals surface area contributed by atoms with Gasteiger partial charge in [-0.25, -0.2) is 4.79 Å². The van der Waals surface area contributed by atoms with Gasteiger partial charge < -0.3 is 14.8 Å². The minimum atomic E-state index is -0.357. The van der Waals surface area contributed by atoms with Crippen LogP contribution in [-0.4, -0.2) is 25.7 Å². The second-order valence-corrected chi connectivity index (χ2v) is 4.97. The number of nitrogens with one attached hydrogen (secondary N) is 1. The Morgan fingerprint density at radius 2 is 2.16 bits per heavy atom. The summed E-state index contributed by atoms with van der Waals surface area (Å²) in [6.07, 6.45) is 0. The summed E-state index contributed by atoms with van der Waals surface area (Å²) in [5.74, 6) is 0.334. The predicted molar refractivity (Wildman–Crippen MR) is 78.4 cm³/mol. The van der Waals surface area contributed by atoms with Gasteiger partial charge in [-0.15, -0.1) is 0 Å². The maximum Gasteiger partial charge on any atom is 0.344 e. The van der Waals surface area contributed by atoms with E-state index in [1.807, 2.05) is 18.2 Å². The summed E-state index contributed by atoms with van der Waals surface area (Å²) in [6, 6.07) is 5.97. The number of ether oxygens (including phenoxy) is 2. The van der Waals surface area contributed by atoms with Gasteiger partial charge in [0.05, 0.1) is 6.61 Å². The molecule has 1 atom stereocenters. The molecule has 4 nitrogen and oxygen atoms in total. The third kappa shape index (κ3) is 5.20. The van der Waals surface area contributed by atoms with Crippen molar-refractivity contribution in [2.45, 2.75) is 26.8 Å². The first-order chi connectivity index (χ1) is 9.08. The molecule has 0 fully saturated rings. The van der Waals surface area contributed by atoms with Crippen molar-refractivity contribution in [3.05, 3.63) is 28.2 Å². The fourth-order valence-electron chi connectivity index (χ4n) is 1.75. The largest absolute Gasteiger partial charge is 0.482 e. The molecule has 1 N–H and O–H groups in total. The highest BCUT2D eigenvalue weighted by Crippen LogP contribution is 2.28. The van der Waals surface area contributed by atoms with Crippen LogP contribution in [0.5, 0.6) is 5.75 Å². The van der Waals surface area contributed by atoms with Crippen LogP contribution in [0.1, 0.15) is 32.4 Å². The number of hydrogen-bond acceptors (Lipinski definition) is 4. The fraction of sp³-hybridized carbons (Fsp3) is 0.500. The van der Waals surface area contributed by atoms with Crippen LogP contribution in [-0.2, 0) is 9.53 Å². The molecule has 1 unspecified atom stereocenters. The number of halogens is 1. The van der Waals surface area contributed by atoms with Crippen molar-refractivity contribution in [2.75, 3.05) is 19.8 Å². The molecule has 19 heavy (non-hydrogen) atoms. The number of esters is 1. The van der Waals surface area contributed by atoms with E-state index in [0.717, 1.165) is 16.6 Å². The highest BCUT2D eigenvalue weighted by Gasteiger charge is 2.13. The molecule has 0 aliphatic rings. The Kier molecular flexibility index (Phi) is 6.87. The average molecular weight is 330 g/mol. The van der Waals surface area contributed by atoms with Gasteiger partial charge in [0.25, 0.3) is 0 Å². The van der Waals surface area contributed by atoms with Gasteiger partial charge in [-0.2, -0.15) is 0 Å². The lowest BCUT2D eigenvalue weighted by Crippen LogP contribution is -2.20. The summed E-state index contributed by atoms with van der Waals surface area (Å²) in [5, 5.41) is 3.32. The molecule has 0 spiro atoms. The zero-order valence-corrected chi connectivity index (χ0v) is 13.1. The SMILES string of the molecule is CCNC(C)c1ccc(Br)cc1OCC(=O)OCC. The van der Waals surface area contributed by atoms with Crippen molar-refractivity contribution in [3.63, 3.8) is 0 Å². The smallest absolute Gasteiger partial charge is 0.344 e. The van der Waals surface area contributed by atoms with E-state index in [4.69, 9.17) is 9.47 Å². The lowest BCUT2D eigenvalue weighted by molar-refractivity contribution is -0.145. The Morgan fingerprint density at radius 3 is 2.79 bits per heavy atom. The second-order valence-electron chi connectivity index (χ2n) is 4.06. The van der Waals surface area contributed by atoms with Gasteiger partial charge in [-0.3, -0.25) is 0 Å². The normalized spacial score (nSPS) is 12.0. The molecule has 0 heterocycles. The lowest BCUT2D eigenvalue weighted by Gasteiger charge is -2.17. The number of hydrogen-bond donors (Lipinski definition) is 1. The van der Waals surface area contributed by atoms with E-state index in [2.05, 4.69) is 35.1 Å². The van der Waals surface area contributed by atoms with Crippen LogP contribution in [0.15, 0.2) is 22.7 Å². The summed E-state index contributed by atoms with van der Waals surface area (Å²) in [4.78, 5) is 11.3. The van der Waals surface area contributed by atoms with Crippen molar-refractivity contribution in [3.8, 4) is 5.75 Å². The molecule has 106 valence electrons. The number of carbonyl (C=O) groups is 1. The van der Waals surface area contributed by atoms with Crippen LogP contribution in [0.25, 0.3) is 0 Å². The van der Waals surface area contributed by atoms with Gasteiger partial charge in [0.15, 0.2) is 6.61 Å². The highest BCUT2D eigenvalue weighted by molar-refractivity contribution is 9.10. The summed E-state index contributed by atoms with van der Waals surface area (Å²) in [7, 11) is 0. The molecule has 1 rings (SSSR count). The van der Waals surface area contributed by atoms with Crippen molar-refractivity contribution in [1.82, 2.24) is 5.32 Å². The zero-order valence-electron chi connectivity index (χ0n) is 11.5. The molecule has 0 radical (unpaired) electrons. The van der Waals surface area contributed by atoms with Crippen molar-refractivity contribution < 1.29 is 14.3 Å². The Labute approximate surface area is 122 Å². The molecule has 5 heteroatoms. The van der Waals surface area contributed by atoms with Gasteiger partial charge in [-0.1, -0.05) is 28.9 Å².